The lowest BCUT2D eigenvalue weighted by atomic mass is 10.1. The molecule has 1 aliphatic rings. The lowest BCUT2D eigenvalue weighted by Crippen LogP contribution is -2.47. The first-order valence-electron chi connectivity index (χ1n) is 8.78. The molecule has 0 radical (unpaired) electrons. The molecule has 0 aromatic rings. The zero-order chi connectivity index (χ0) is 14.6. The van der Waals surface area contributed by atoms with Crippen LogP contribution in [0.2, 0.25) is 0 Å². The van der Waals surface area contributed by atoms with Gasteiger partial charge in [0, 0.05) is 45.9 Å². The summed E-state index contributed by atoms with van der Waals surface area (Å²) in [6, 6.07) is 0. The van der Waals surface area contributed by atoms with E-state index in [0.29, 0.717) is 0 Å². The Kier molecular flexibility index (Phi) is 10.3. The third-order valence-electron chi connectivity index (χ3n) is 4.39. The van der Waals surface area contributed by atoms with Crippen LogP contribution in [0.3, 0.4) is 0 Å². The average Bonchev–Trinajstić information content (AvgIpc) is 2.48. The summed E-state index contributed by atoms with van der Waals surface area (Å²) in [6.45, 7) is 16.4. The fourth-order valence-electron chi connectivity index (χ4n) is 2.65. The standard InChI is InChI=1S/C17H36N2O/c1-4-6-14-20-15-8-7-9-18-10-12-19(13-11-18)16-17(3)5-2/h17H,4-16H2,1-3H3. The minimum atomic E-state index is 0.849. The molecule has 120 valence electrons. The first-order valence-corrected chi connectivity index (χ1v) is 8.78. The fraction of sp³-hybridized carbons (Fsp3) is 1.00. The topological polar surface area (TPSA) is 15.7 Å². The molecule has 0 saturated carbocycles. The molecule has 0 spiro atoms. The summed E-state index contributed by atoms with van der Waals surface area (Å²) in [7, 11) is 0. The molecule has 0 N–H and O–H groups in total. The first kappa shape index (κ1) is 17.9. The number of nitrogens with zero attached hydrogens (tertiary/aromatic N) is 2. The van der Waals surface area contributed by atoms with Gasteiger partial charge < -0.3 is 14.5 Å². The smallest absolute Gasteiger partial charge is 0.0466 e. The van der Waals surface area contributed by atoms with Gasteiger partial charge in [0.1, 0.15) is 0 Å². The van der Waals surface area contributed by atoms with Gasteiger partial charge in [-0.3, -0.25) is 0 Å². The number of piperazine rings is 1. The summed E-state index contributed by atoms with van der Waals surface area (Å²) in [6.07, 6.45) is 6.26. The van der Waals surface area contributed by atoms with Crippen LogP contribution >= 0.6 is 0 Å². The van der Waals surface area contributed by atoms with Crippen LogP contribution in [0.5, 0.6) is 0 Å². The van der Waals surface area contributed by atoms with E-state index in [1.54, 1.807) is 0 Å². The Morgan fingerprint density at radius 2 is 1.55 bits per heavy atom. The molecule has 20 heavy (non-hydrogen) atoms. The van der Waals surface area contributed by atoms with Crippen LogP contribution in [-0.4, -0.2) is 62.3 Å². The van der Waals surface area contributed by atoms with Crippen molar-refractivity contribution in [3.8, 4) is 0 Å². The quantitative estimate of drug-likeness (QED) is 0.542. The van der Waals surface area contributed by atoms with Crippen molar-refractivity contribution < 1.29 is 4.74 Å². The van der Waals surface area contributed by atoms with Gasteiger partial charge in [0.25, 0.3) is 0 Å². The molecule has 1 fully saturated rings. The first-order chi connectivity index (χ1) is 9.76. The molecule has 1 atom stereocenters. The van der Waals surface area contributed by atoms with Crippen molar-refractivity contribution >= 4 is 0 Å². The lowest BCUT2D eigenvalue weighted by Gasteiger charge is -2.35. The van der Waals surface area contributed by atoms with Gasteiger partial charge in [-0.05, 0) is 31.7 Å². The molecule has 0 aliphatic carbocycles. The van der Waals surface area contributed by atoms with Crippen LogP contribution in [0.4, 0.5) is 0 Å². The van der Waals surface area contributed by atoms with Gasteiger partial charge in [0.2, 0.25) is 0 Å². The second-order valence-corrected chi connectivity index (χ2v) is 6.33. The van der Waals surface area contributed by atoms with Crippen molar-refractivity contribution in [2.24, 2.45) is 5.92 Å². The van der Waals surface area contributed by atoms with Crippen LogP contribution in [0, 0.1) is 5.92 Å². The van der Waals surface area contributed by atoms with Crippen LogP contribution in [0.1, 0.15) is 52.9 Å². The monoisotopic (exact) mass is 284 g/mol. The number of hydrogen-bond acceptors (Lipinski definition) is 3. The molecular weight excluding hydrogens is 248 g/mol. The molecule has 1 saturated heterocycles. The van der Waals surface area contributed by atoms with Crippen molar-refractivity contribution in [2.45, 2.75) is 52.9 Å². The summed E-state index contributed by atoms with van der Waals surface area (Å²) in [5.41, 5.74) is 0. The van der Waals surface area contributed by atoms with Gasteiger partial charge in [-0.2, -0.15) is 0 Å². The normalized spacial score (nSPS) is 19.4. The molecule has 0 aromatic heterocycles. The van der Waals surface area contributed by atoms with E-state index in [2.05, 4.69) is 30.6 Å². The van der Waals surface area contributed by atoms with E-state index in [1.165, 1.54) is 71.4 Å². The second-order valence-electron chi connectivity index (χ2n) is 6.33. The second kappa shape index (κ2) is 11.5. The Bertz CT molecular complexity index is 215. The van der Waals surface area contributed by atoms with E-state index >= 15 is 0 Å². The van der Waals surface area contributed by atoms with Crippen LogP contribution in [0.15, 0.2) is 0 Å². The Morgan fingerprint density at radius 3 is 2.20 bits per heavy atom. The number of unbranched alkanes of at least 4 members (excludes halogenated alkanes) is 2. The Morgan fingerprint density at radius 1 is 0.900 bits per heavy atom. The number of ether oxygens (including phenoxy) is 1. The molecule has 3 nitrogen and oxygen atoms in total. The molecule has 1 heterocycles. The zero-order valence-corrected chi connectivity index (χ0v) is 14.1. The lowest BCUT2D eigenvalue weighted by molar-refractivity contribution is 0.105. The molecule has 0 bridgehead atoms. The summed E-state index contributed by atoms with van der Waals surface area (Å²) in [4.78, 5) is 5.26. The summed E-state index contributed by atoms with van der Waals surface area (Å²) in [5, 5.41) is 0. The Balaban J connectivity index is 1.94. The summed E-state index contributed by atoms with van der Waals surface area (Å²) in [5.74, 6) is 0.849. The Hall–Kier alpha value is -0.120. The third kappa shape index (κ3) is 8.23. The maximum atomic E-state index is 5.61. The highest BCUT2D eigenvalue weighted by Crippen LogP contribution is 2.08. The van der Waals surface area contributed by atoms with Gasteiger partial charge in [-0.25, -0.2) is 0 Å². The maximum absolute atomic E-state index is 5.61. The van der Waals surface area contributed by atoms with Crippen LogP contribution in [-0.2, 0) is 4.74 Å². The van der Waals surface area contributed by atoms with E-state index in [1.807, 2.05) is 0 Å². The Labute approximate surface area is 126 Å². The molecule has 1 unspecified atom stereocenters. The van der Waals surface area contributed by atoms with E-state index in [-0.39, 0.29) is 0 Å². The van der Waals surface area contributed by atoms with Crippen LogP contribution < -0.4 is 0 Å². The molecular formula is C17H36N2O. The predicted molar refractivity (Wildman–Crippen MR) is 87.3 cm³/mol. The van der Waals surface area contributed by atoms with Crippen molar-refractivity contribution in [3.63, 3.8) is 0 Å². The van der Waals surface area contributed by atoms with Gasteiger partial charge >= 0.3 is 0 Å². The van der Waals surface area contributed by atoms with Gasteiger partial charge in [-0.1, -0.05) is 33.6 Å². The minimum Gasteiger partial charge on any atom is -0.381 e. The van der Waals surface area contributed by atoms with Crippen molar-refractivity contribution in [3.05, 3.63) is 0 Å². The minimum absolute atomic E-state index is 0.849. The van der Waals surface area contributed by atoms with Crippen LogP contribution in [0.25, 0.3) is 0 Å². The third-order valence-corrected chi connectivity index (χ3v) is 4.39. The predicted octanol–water partition coefficient (Wildman–Crippen LogP) is 3.25. The van der Waals surface area contributed by atoms with E-state index in [9.17, 15) is 0 Å². The maximum Gasteiger partial charge on any atom is 0.0466 e. The van der Waals surface area contributed by atoms with E-state index in [4.69, 9.17) is 4.74 Å². The van der Waals surface area contributed by atoms with Gasteiger partial charge in [0.05, 0.1) is 0 Å². The van der Waals surface area contributed by atoms with Crippen molar-refractivity contribution in [1.29, 1.82) is 0 Å². The SMILES string of the molecule is CCCCOCCCCN1CCN(CC(C)CC)CC1. The average molecular weight is 284 g/mol. The van der Waals surface area contributed by atoms with Gasteiger partial charge in [-0.15, -0.1) is 0 Å². The van der Waals surface area contributed by atoms with E-state index in [0.717, 1.165) is 19.1 Å². The van der Waals surface area contributed by atoms with E-state index < -0.39 is 0 Å². The molecule has 1 aliphatic heterocycles. The summed E-state index contributed by atoms with van der Waals surface area (Å²) < 4.78 is 5.61. The molecule has 3 heteroatoms. The summed E-state index contributed by atoms with van der Waals surface area (Å²) >= 11 is 0. The molecule has 0 amide bonds. The molecule has 0 aromatic carbocycles. The largest absolute Gasteiger partial charge is 0.381 e. The fourth-order valence-corrected chi connectivity index (χ4v) is 2.65. The number of hydrogen-bond donors (Lipinski definition) is 0. The highest BCUT2D eigenvalue weighted by Gasteiger charge is 2.17. The molecule has 1 rings (SSSR count). The van der Waals surface area contributed by atoms with Crippen molar-refractivity contribution in [1.82, 2.24) is 9.80 Å². The van der Waals surface area contributed by atoms with Gasteiger partial charge in [0.15, 0.2) is 0 Å². The van der Waals surface area contributed by atoms with Crippen molar-refractivity contribution in [2.75, 3.05) is 52.5 Å². The zero-order valence-electron chi connectivity index (χ0n) is 14.1. The number of rotatable bonds is 11. The highest BCUT2D eigenvalue weighted by atomic mass is 16.5. The highest BCUT2D eigenvalue weighted by molar-refractivity contribution is 4.73.